The molecule has 11 heteroatoms. The van der Waals surface area contributed by atoms with Gasteiger partial charge in [-0.1, -0.05) is 0 Å². The molecule has 0 aliphatic heterocycles. The van der Waals surface area contributed by atoms with Crippen LogP contribution in [0.4, 0.5) is 0 Å². The van der Waals surface area contributed by atoms with Crippen molar-refractivity contribution in [1.82, 2.24) is 19.9 Å². The summed E-state index contributed by atoms with van der Waals surface area (Å²) in [7, 11) is -5.17. The molecule has 0 N–H and O–H groups in total. The summed E-state index contributed by atoms with van der Waals surface area (Å²) in [6.07, 6.45) is 7.26. The van der Waals surface area contributed by atoms with E-state index in [0.29, 0.717) is 0 Å². The molecule has 181 valence electrons. The third-order valence-electron chi connectivity index (χ3n) is 4.19. The van der Waals surface area contributed by atoms with E-state index in [2.05, 4.69) is 47.6 Å². The van der Waals surface area contributed by atoms with Gasteiger partial charge in [-0.2, -0.15) is 0 Å². The minimum absolute atomic E-state index is 0.939. The van der Waals surface area contributed by atoms with Crippen LogP contribution in [0.2, 0.25) is 0 Å². The van der Waals surface area contributed by atoms with Gasteiger partial charge >= 0.3 is 21.0 Å². The summed E-state index contributed by atoms with van der Waals surface area (Å²) < 4.78 is 42.3. The maximum atomic E-state index is 8.52. The van der Waals surface area contributed by atoms with E-state index in [1.165, 1.54) is 22.3 Å². The summed E-state index contributed by atoms with van der Waals surface area (Å²) in [5, 5.41) is 0. The topological polar surface area (TPSA) is 149 Å². The van der Waals surface area contributed by atoms with E-state index in [1.807, 2.05) is 73.3 Å². The predicted octanol–water partition coefficient (Wildman–Crippen LogP) is 4.06. The van der Waals surface area contributed by atoms with Crippen LogP contribution in [0.5, 0.6) is 0 Å². The summed E-state index contributed by atoms with van der Waals surface area (Å²) >= 11 is 1.06. The molecule has 35 heavy (non-hydrogen) atoms. The first-order valence-electron chi connectivity index (χ1n) is 10.1. The van der Waals surface area contributed by atoms with Gasteiger partial charge in [-0.3, -0.25) is 28.4 Å². The van der Waals surface area contributed by atoms with E-state index in [1.54, 1.807) is 0 Å². The van der Waals surface area contributed by atoms with E-state index in [-0.39, 0.29) is 0 Å². The van der Waals surface area contributed by atoms with Crippen molar-refractivity contribution in [3.63, 3.8) is 0 Å². The first-order valence-corrected chi connectivity index (χ1v) is 12.0. The Morgan fingerprint density at radius 3 is 0.857 bits per heavy atom. The first kappa shape index (κ1) is 29.9. The van der Waals surface area contributed by atoms with Crippen molar-refractivity contribution in [2.75, 3.05) is 0 Å². The Morgan fingerprint density at radius 1 is 0.543 bits per heavy atom. The molecular weight excluding hydrogens is 507 g/mol. The number of nitrogens with zero attached hydrogens (tertiary/aromatic N) is 4. The second-order valence-corrected chi connectivity index (χ2v) is 8.10. The monoisotopic (exact) mass is 531 g/mol. The first-order chi connectivity index (χ1) is 16.5. The van der Waals surface area contributed by atoms with Crippen LogP contribution in [0.3, 0.4) is 0 Å². The molecule has 0 radical (unpaired) electrons. The summed E-state index contributed by atoms with van der Waals surface area (Å²) in [6, 6.07) is 16.1. The van der Waals surface area contributed by atoms with Gasteiger partial charge in [0.15, 0.2) is 0 Å². The minimum atomic E-state index is -5.17. The van der Waals surface area contributed by atoms with Gasteiger partial charge in [-0.15, -0.1) is 0 Å². The van der Waals surface area contributed by atoms with Gasteiger partial charge in [0.2, 0.25) is 0 Å². The Morgan fingerprint density at radius 2 is 0.714 bits per heavy atom. The number of aromatic nitrogens is 4. The predicted molar refractivity (Wildman–Crippen MR) is 125 cm³/mol. The summed E-state index contributed by atoms with van der Waals surface area (Å²) in [6.45, 7) is 8.23. The van der Waals surface area contributed by atoms with Gasteiger partial charge in [-0.05, 0) is 98.5 Å². The summed E-state index contributed by atoms with van der Waals surface area (Å²) in [4.78, 5) is 17.2. The number of aryl methyl sites for hydroxylation is 4. The molecule has 0 aliphatic rings. The zero-order chi connectivity index (χ0) is 26.4. The third kappa shape index (κ3) is 12.8. The van der Waals surface area contributed by atoms with E-state index < -0.39 is 10.4 Å². The van der Waals surface area contributed by atoms with Crippen LogP contribution in [0, 0.1) is 27.7 Å². The number of hydrogen-bond donors (Lipinski definition) is 0. The zero-order valence-electron chi connectivity index (χ0n) is 19.6. The van der Waals surface area contributed by atoms with Crippen LogP contribution >= 0.6 is 0 Å². The van der Waals surface area contributed by atoms with Crippen LogP contribution in [-0.4, -0.2) is 37.5 Å². The molecule has 0 aliphatic carbocycles. The molecule has 0 unspecified atom stereocenters. The normalized spacial score (nSPS) is 9.94. The van der Waals surface area contributed by atoms with Crippen LogP contribution < -0.4 is 0 Å². The van der Waals surface area contributed by atoms with Crippen molar-refractivity contribution in [2.24, 2.45) is 0 Å². The van der Waals surface area contributed by atoms with Crippen molar-refractivity contribution in [1.29, 1.82) is 0 Å². The SMILES string of the molecule is Cc1ccnc(-c2cc(C)ccn2)c1.Cc1ccnc(-c2cc(C)ccn2)c1.O=S(=O)([O-])[O-].[O]=[V+2]. The summed E-state index contributed by atoms with van der Waals surface area (Å²) in [5.41, 5.74) is 8.58. The fourth-order valence-corrected chi connectivity index (χ4v) is 2.70. The van der Waals surface area contributed by atoms with E-state index >= 15 is 0 Å². The zero-order valence-corrected chi connectivity index (χ0v) is 21.8. The fourth-order valence-electron chi connectivity index (χ4n) is 2.70. The second-order valence-electron chi connectivity index (χ2n) is 7.28. The molecule has 0 atom stereocenters. The van der Waals surface area contributed by atoms with Crippen LogP contribution in [0.15, 0.2) is 73.3 Å². The molecule has 0 aromatic carbocycles. The molecule has 4 aromatic heterocycles. The second kappa shape index (κ2) is 15.0. The van der Waals surface area contributed by atoms with Gasteiger partial charge in [0.1, 0.15) is 0 Å². The molecule has 0 saturated carbocycles. The van der Waals surface area contributed by atoms with Crippen LogP contribution in [0.1, 0.15) is 22.3 Å². The number of pyridine rings is 4. The Hall–Kier alpha value is -3.15. The van der Waals surface area contributed by atoms with Crippen molar-refractivity contribution >= 4 is 10.4 Å². The average molecular weight is 531 g/mol. The molecular formula is C24H24N4O5SV. The average Bonchev–Trinajstić information content (AvgIpc) is 2.80. The van der Waals surface area contributed by atoms with Gasteiger partial charge < -0.3 is 9.11 Å². The van der Waals surface area contributed by atoms with Crippen molar-refractivity contribution in [3.8, 4) is 22.8 Å². The Kier molecular flexibility index (Phi) is 12.8. The standard InChI is InChI=1S/2C12H12N2.H2O4S.O.V/c2*1-9-3-5-13-11(7-9)12-8-10(2)4-6-14-12;1-5(2,3)4;;/h2*3-8H,1-2H3;(H2,1,2,3,4);;/q;;;;+2/p-2. The maximum absolute atomic E-state index is 8.52. The van der Waals surface area contributed by atoms with E-state index in [4.69, 9.17) is 21.2 Å². The summed E-state index contributed by atoms with van der Waals surface area (Å²) in [5.74, 6) is 0. The van der Waals surface area contributed by atoms with Crippen molar-refractivity contribution < 1.29 is 38.6 Å². The Labute approximate surface area is 214 Å². The quantitative estimate of drug-likeness (QED) is 0.276. The number of rotatable bonds is 2. The molecule has 0 fully saturated rings. The molecule has 0 amide bonds. The molecule has 4 aromatic rings. The molecule has 0 saturated heterocycles. The van der Waals surface area contributed by atoms with E-state index in [9.17, 15) is 0 Å². The van der Waals surface area contributed by atoms with Crippen LogP contribution in [0.25, 0.3) is 22.8 Å². The van der Waals surface area contributed by atoms with Gasteiger partial charge in [0.05, 0.1) is 22.8 Å². The molecule has 4 rings (SSSR count). The van der Waals surface area contributed by atoms with Gasteiger partial charge in [0, 0.05) is 35.2 Å². The third-order valence-corrected chi connectivity index (χ3v) is 4.19. The Balaban J connectivity index is 0.000000279. The van der Waals surface area contributed by atoms with Gasteiger partial charge in [0.25, 0.3) is 0 Å². The number of hydrogen-bond acceptors (Lipinski definition) is 9. The molecule has 9 nitrogen and oxygen atoms in total. The van der Waals surface area contributed by atoms with Gasteiger partial charge in [-0.25, -0.2) is 0 Å². The fraction of sp³-hybridized carbons (Fsp3) is 0.167. The molecule has 0 spiro atoms. The molecule has 4 heterocycles. The molecule has 0 bridgehead atoms. The van der Waals surface area contributed by atoms with Crippen molar-refractivity contribution in [3.05, 3.63) is 95.6 Å². The Bertz CT molecular complexity index is 1150. The van der Waals surface area contributed by atoms with Crippen LogP contribution in [-0.2, 0) is 31.4 Å². The van der Waals surface area contributed by atoms with Crippen molar-refractivity contribution in [2.45, 2.75) is 27.7 Å². The van der Waals surface area contributed by atoms with E-state index in [0.717, 1.165) is 40.1 Å².